The quantitative estimate of drug-likeness (QED) is 0.836. The number of likely N-dealkylation sites (tertiary alicyclic amines) is 1. The number of carbonyl (C=O) groups excluding carboxylic acids is 1. The van der Waals surface area contributed by atoms with E-state index in [4.69, 9.17) is 4.74 Å². The normalized spacial score (nSPS) is 17.8. The van der Waals surface area contributed by atoms with E-state index in [2.05, 4.69) is 5.10 Å². The van der Waals surface area contributed by atoms with Crippen LogP contribution >= 0.6 is 0 Å². The zero-order valence-corrected chi connectivity index (χ0v) is 14.9. The zero-order chi connectivity index (χ0) is 17.8. The summed E-state index contributed by atoms with van der Waals surface area (Å²) in [5, 5.41) is 5.59. The Morgan fingerprint density at radius 3 is 2.76 bits per heavy atom. The molecule has 0 unspecified atom stereocenters. The molecular formula is C19H25N3O3. The molecule has 25 heavy (non-hydrogen) atoms. The predicted octanol–water partition coefficient (Wildman–Crippen LogP) is 2.45. The molecule has 1 amide bonds. The Hall–Kier alpha value is -2.21. The van der Waals surface area contributed by atoms with Crippen LogP contribution in [0, 0.1) is 0 Å². The molecule has 1 fully saturated rings. The maximum absolute atomic E-state index is 13.1. The average molecular weight is 343 g/mol. The van der Waals surface area contributed by atoms with Gasteiger partial charge in [0.15, 0.2) is 5.69 Å². The molecule has 3 rings (SSSR count). The van der Waals surface area contributed by atoms with Crippen molar-refractivity contribution in [2.75, 3.05) is 19.7 Å². The van der Waals surface area contributed by atoms with E-state index in [9.17, 15) is 9.59 Å². The van der Waals surface area contributed by atoms with Gasteiger partial charge in [0.05, 0.1) is 11.5 Å². The highest BCUT2D eigenvalue weighted by molar-refractivity contribution is 6.04. The minimum Gasteiger partial charge on any atom is -0.377 e. The molecule has 0 bridgehead atoms. The number of carbonyl (C=O) groups is 1. The summed E-state index contributed by atoms with van der Waals surface area (Å²) in [6.45, 7) is 6.39. The second-order valence-electron chi connectivity index (χ2n) is 6.39. The lowest BCUT2D eigenvalue weighted by molar-refractivity contribution is 0.00702. The summed E-state index contributed by atoms with van der Waals surface area (Å²) in [6, 6.07) is 7.22. The van der Waals surface area contributed by atoms with Crippen molar-refractivity contribution in [3.8, 4) is 0 Å². The van der Waals surface area contributed by atoms with Crippen LogP contribution in [-0.4, -0.2) is 46.4 Å². The van der Waals surface area contributed by atoms with Gasteiger partial charge in [-0.05, 0) is 32.3 Å². The van der Waals surface area contributed by atoms with Crippen LogP contribution in [0.25, 0.3) is 10.8 Å². The first-order valence-corrected chi connectivity index (χ1v) is 9.06. The number of rotatable bonds is 5. The number of nitrogens with zero attached hydrogens (tertiary/aromatic N) is 3. The largest absolute Gasteiger partial charge is 0.377 e. The topological polar surface area (TPSA) is 64.4 Å². The fourth-order valence-electron chi connectivity index (χ4n) is 3.40. The minimum atomic E-state index is -0.139. The lowest BCUT2D eigenvalue weighted by Crippen LogP contribution is -2.44. The van der Waals surface area contributed by atoms with Gasteiger partial charge >= 0.3 is 0 Å². The van der Waals surface area contributed by atoms with Gasteiger partial charge in [-0.15, -0.1) is 0 Å². The fourth-order valence-corrected chi connectivity index (χ4v) is 3.40. The number of fused-ring (bicyclic) bond motifs is 1. The Labute approximate surface area is 147 Å². The van der Waals surface area contributed by atoms with Crippen LogP contribution in [0.1, 0.15) is 43.6 Å². The molecule has 6 nitrogen and oxygen atoms in total. The van der Waals surface area contributed by atoms with Crippen LogP contribution in [-0.2, 0) is 11.3 Å². The van der Waals surface area contributed by atoms with Crippen molar-refractivity contribution in [1.29, 1.82) is 0 Å². The molecule has 0 spiro atoms. The molecule has 1 aliphatic rings. The van der Waals surface area contributed by atoms with Crippen LogP contribution in [0.3, 0.4) is 0 Å². The predicted molar refractivity (Wildman–Crippen MR) is 96.8 cm³/mol. The third-order valence-corrected chi connectivity index (χ3v) is 4.57. The highest BCUT2D eigenvalue weighted by atomic mass is 16.5. The number of benzene rings is 1. The first kappa shape index (κ1) is 17.6. The first-order chi connectivity index (χ1) is 12.2. The molecule has 2 aromatic rings. The summed E-state index contributed by atoms with van der Waals surface area (Å²) in [7, 11) is 0. The van der Waals surface area contributed by atoms with E-state index >= 15 is 0 Å². The molecular weight excluding hydrogens is 318 g/mol. The molecule has 1 aliphatic heterocycles. The molecule has 1 saturated heterocycles. The monoisotopic (exact) mass is 343 g/mol. The molecule has 1 aromatic heterocycles. The third-order valence-electron chi connectivity index (χ3n) is 4.57. The van der Waals surface area contributed by atoms with E-state index < -0.39 is 0 Å². The number of aryl methyl sites for hydroxylation is 1. The highest BCUT2D eigenvalue weighted by Gasteiger charge is 2.27. The maximum Gasteiger partial charge on any atom is 0.275 e. The van der Waals surface area contributed by atoms with Crippen molar-refractivity contribution in [1.82, 2.24) is 14.7 Å². The summed E-state index contributed by atoms with van der Waals surface area (Å²) in [5.74, 6) is -0.120. The van der Waals surface area contributed by atoms with Crippen LogP contribution in [0.5, 0.6) is 0 Å². The summed E-state index contributed by atoms with van der Waals surface area (Å²) in [5.41, 5.74) is 0.223. The molecule has 2 heterocycles. The molecule has 6 heteroatoms. The average Bonchev–Trinajstić information content (AvgIpc) is 2.64. The molecule has 0 aliphatic carbocycles. The second-order valence-corrected chi connectivity index (χ2v) is 6.39. The lowest BCUT2D eigenvalue weighted by Gasteiger charge is -2.32. The van der Waals surface area contributed by atoms with Gasteiger partial charge < -0.3 is 9.64 Å². The summed E-state index contributed by atoms with van der Waals surface area (Å²) >= 11 is 0. The summed E-state index contributed by atoms with van der Waals surface area (Å²) in [6.07, 6.45) is 2.76. The van der Waals surface area contributed by atoms with Gasteiger partial charge in [-0.1, -0.05) is 25.1 Å². The lowest BCUT2D eigenvalue weighted by atomic mass is 10.1. The Morgan fingerprint density at radius 1 is 1.28 bits per heavy atom. The number of hydrogen-bond donors (Lipinski definition) is 0. The van der Waals surface area contributed by atoms with Crippen molar-refractivity contribution >= 4 is 16.7 Å². The second kappa shape index (κ2) is 7.78. The van der Waals surface area contributed by atoms with Gasteiger partial charge in [-0.25, -0.2) is 4.68 Å². The number of ether oxygens (including phenoxy) is 1. The van der Waals surface area contributed by atoms with Crippen molar-refractivity contribution in [2.24, 2.45) is 0 Å². The van der Waals surface area contributed by atoms with Crippen molar-refractivity contribution in [2.45, 2.75) is 45.8 Å². The fraction of sp³-hybridized carbons (Fsp3) is 0.526. The van der Waals surface area contributed by atoms with E-state index in [1.165, 1.54) is 4.68 Å². The molecule has 134 valence electrons. The van der Waals surface area contributed by atoms with E-state index in [0.717, 1.165) is 19.3 Å². The number of hydrogen-bond acceptors (Lipinski definition) is 4. The van der Waals surface area contributed by atoms with E-state index in [0.29, 0.717) is 42.7 Å². The van der Waals surface area contributed by atoms with Crippen molar-refractivity contribution < 1.29 is 9.53 Å². The summed E-state index contributed by atoms with van der Waals surface area (Å²) < 4.78 is 7.11. The Balaban J connectivity index is 2.00. The van der Waals surface area contributed by atoms with Gasteiger partial charge in [-0.3, -0.25) is 9.59 Å². The molecule has 1 atom stereocenters. The number of amides is 1. The van der Waals surface area contributed by atoms with E-state index in [-0.39, 0.29) is 17.6 Å². The van der Waals surface area contributed by atoms with Crippen LogP contribution in [0.4, 0.5) is 0 Å². The first-order valence-electron chi connectivity index (χ1n) is 9.06. The summed E-state index contributed by atoms with van der Waals surface area (Å²) in [4.78, 5) is 27.5. The standard InChI is InChI=1S/C19H25N3O3/c1-3-11-22-18(23)16-10-6-5-9-15(16)17(20-22)19(24)21-12-7-8-14(13-21)25-4-2/h5-6,9-10,14H,3-4,7-8,11-13H2,1-2H3/t14-/m0/s1. The molecule has 0 N–H and O–H groups in total. The highest BCUT2D eigenvalue weighted by Crippen LogP contribution is 2.19. The SMILES string of the molecule is CCCn1nc(C(=O)N2CCC[C@H](OCC)C2)c2ccccc2c1=O. The van der Waals surface area contributed by atoms with Gasteiger partial charge in [0.2, 0.25) is 0 Å². The Kier molecular flexibility index (Phi) is 5.48. The maximum atomic E-state index is 13.1. The number of piperidine rings is 1. The van der Waals surface area contributed by atoms with Gasteiger partial charge in [-0.2, -0.15) is 5.10 Å². The van der Waals surface area contributed by atoms with Crippen molar-refractivity contribution in [3.63, 3.8) is 0 Å². The van der Waals surface area contributed by atoms with Gasteiger partial charge in [0.25, 0.3) is 11.5 Å². The third kappa shape index (κ3) is 3.58. The zero-order valence-electron chi connectivity index (χ0n) is 14.9. The van der Waals surface area contributed by atoms with Crippen LogP contribution in [0.15, 0.2) is 29.1 Å². The van der Waals surface area contributed by atoms with E-state index in [1.54, 1.807) is 17.0 Å². The van der Waals surface area contributed by atoms with Crippen LogP contribution in [0.2, 0.25) is 0 Å². The molecule has 0 saturated carbocycles. The smallest absolute Gasteiger partial charge is 0.275 e. The Bertz CT molecular complexity index is 813. The van der Waals surface area contributed by atoms with E-state index in [1.807, 2.05) is 26.0 Å². The minimum absolute atomic E-state index is 0.0792. The van der Waals surface area contributed by atoms with Gasteiger partial charge in [0.1, 0.15) is 0 Å². The van der Waals surface area contributed by atoms with Crippen molar-refractivity contribution in [3.05, 3.63) is 40.3 Å². The Morgan fingerprint density at radius 2 is 2.04 bits per heavy atom. The van der Waals surface area contributed by atoms with Crippen LogP contribution < -0.4 is 5.56 Å². The molecule has 0 radical (unpaired) electrons. The molecule has 1 aromatic carbocycles. The number of aromatic nitrogens is 2. The van der Waals surface area contributed by atoms with Gasteiger partial charge in [0, 0.05) is 31.6 Å².